The number of amides is 1. The summed E-state index contributed by atoms with van der Waals surface area (Å²) in [6.45, 7) is 0.890. The van der Waals surface area contributed by atoms with E-state index >= 15 is 0 Å². The molecule has 10 heteroatoms. The maximum Gasteiger partial charge on any atom is 0.417 e. The monoisotopic (exact) mass is 333 g/mol. The Balaban J connectivity index is 2.18. The van der Waals surface area contributed by atoms with E-state index in [1.807, 2.05) is 0 Å². The minimum atomic E-state index is -4.76. The summed E-state index contributed by atoms with van der Waals surface area (Å²) in [5.74, 6) is -0.636. The molecule has 23 heavy (non-hydrogen) atoms. The van der Waals surface area contributed by atoms with E-state index in [2.05, 4.69) is 4.98 Å². The molecular formula is C13H14F3N3O4. The maximum absolute atomic E-state index is 12.7. The Hall–Kier alpha value is -2.23. The Morgan fingerprint density at radius 1 is 1.43 bits per heavy atom. The molecule has 0 unspecified atom stereocenters. The molecule has 1 aliphatic heterocycles. The molecule has 1 amide bonds. The highest BCUT2D eigenvalue weighted by Gasteiger charge is 2.55. The Labute approximate surface area is 128 Å². The highest BCUT2D eigenvalue weighted by atomic mass is 19.4. The summed E-state index contributed by atoms with van der Waals surface area (Å²) in [5, 5.41) is 20.3. The second-order valence-electron chi connectivity index (χ2n) is 5.41. The third kappa shape index (κ3) is 3.26. The van der Waals surface area contributed by atoms with E-state index < -0.39 is 35.4 Å². The van der Waals surface area contributed by atoms with Gasteiger partial charge in [0, 0.05) is 32.0 Å². The summed E-state index contributed by atoms with van der Waals surface area (Å²) >= 11 is 0. The van der Waals surface area contributed by atoms with Crippen molar-refractivity contribution in [2.24, 2.45) is 0 Å². The molecule has 1 N–H and O–H groups in total. The van der Waals surface area contributed by atoms with Gasteiger partial charge in [0.2, 0.25) is 0 Å². The van der Waals surface area contributed by atoms with E-state index in [0.717, 1.165) is 17.2 Å². The van der Waals surface area contributed by atoms with Gasteiger partial charge in [-0.05, 0) is 6.92 Å². The summed E-state index contributed by atoms with van der Waals surface area (Å²) in [6, 6.07) is 1.05. The standard InChI is InChI=1S/C13H14F3N3O4/c1-8-10(6-9(7-17-8)19(22)23)11(20)18-4-2-12(21,3-5-18)13(14,15)16/h6-7,21H,2-5H2,1H3. The predicted octanol–water partition coefficient (Wildman–Crippen LogP) is 1.83. The van der Waals surface area contributed by atoms with E-state index in [4.69, 9.17) is 0 Å². The van der Waals surface area contributed by atoms with Crippen molar-refractivity contribution in [2.75, 3.05) is 13.1 Å². The van der Waals surface area contributed by atoms with Gasteiger partial charge in [0.25, 0.3) is 11.6 Å². The first-order valence-corrected chi connectivity index (χ1v) is 6.74. The number of aliphatic hydroxyl groups is 1. The number of likely N-dealkylation sites (tertiary alicyclic amines) is 1. The number of halogens is 3. The molecule has 0 radical (unpaired) electrons. The molecule has 0 bridgehead atoms. The molecule has 0 aromatic carbocycles. The Morgan fingerprint density at radius 2 is 2.00 bits per heavy atom. The SMILES string of the molecule is Cc1ncc([N+](=O)[O-])cc1C(=O)N1CCC(O)(C(F)(F)F)CC1. The zero-order valence-corrected chi connectivity index (χ0v) is 12.1. The first-order chi connectivity index (χ1) is 10.5. The Kier molecular flexibility index (Phi) is 4.29. The predicted molar refractivity (Wildman–Crippen MR) is 71.8 cm³/mol. The van der Waals surface area contributed by atoms with Gasteiger partial charge < -0.3 is 10.0 Å². The number of alkyl halides is 3. The van der Waals surface area contributed by atoms with Gasteiger partial charge in [0.05, 0.1) is 16.2 Å². The molecular weight excluding hydrogens is 319 g/mol. The number of hydrogen-bond acceptors (Lipinski definition) is 5. The molecule has 2 heterocycles. The number of aromatic nitrogens is 1. The maximum atomic E-state index is 12.7. The van der Waals surface area contributed by atoms with E-state index in [1.54, 1.807) is 0 Å². The van der Waals surface area contributed by atoms with Crippen LogP contribution in [0.5, 0.6) is 0 Å². The van der Waals surface area contributed by atoms with Gasteiger partial charge >= 0.3 is 6.18 Å². The highest BCUT2D eigenvalue weighted by molar-refractivity contribution is 5.95. The fraction of sp³-hybridized carbons (Fsp3) is 0.538. The average molecular weight is 333 g/mol. The second-order valence-corrected chi connectivity index (χ2v) is 5.41. The van der Waals surface area contributed by atoms with Gasteiger partial charge in [0.15, 0.2) is 5.60 Å². The zero-order chi connectivity index (χ0) is 17.4. The van der Waals surface area contributed by atoms with Crippen molar-refractivity contribution in [2.45, 2.75) is 31.5 Å². The number of pyridine rings is 1. The topological polar surface area (TPSA) is 96.6 Å². The Morgan fingerprint density at radius 3 is 2.48 bits per heavy atom. The summed E-state index contributed by atoms with van der Waals surface area (Å²) < 4.78 is 38.2. The van der Waals surface area contributed by atoms with Crippen molar-refractivity contribution in [1.82, 2.24) is 9.88 Å². The Bertz CT molecular complexity index is 640. The van der Waals surface area contributed by atoms with Crippen LogP contribution < -0.4 is 0 Å². The summed E-state index contributed by atoms with van der Waals surface area (Å²) in [6.07, 6.45) is -5.02. The van der Waals surface area contributed by atoms with Crippen molar-refractivity contribution >= 4 is 11.6 Å². The number of nitrogens with zero attached hydrogens (tertiary/aromatic N) is 3. The molecule has 126 valence electrons. The third-order valence-electron chi connectivity index (χ3n) is 3.92. The van der Waals surface area contributed by atoms with Crippen molar-refractivity contribution in [3.05, 3.63) is 33.6 Å². The summed E-state index contributed by atoms with van der Waals surface area (Å²) in [5.41, 5.74) is -2.96. The lowest BCUT2D eigenvalue weighted by Gasteiger charge is -2.39. The molecule has 0 saturated carbocycles. The minimum Gasteiger partial charge on any atom is -0.380 e. The van der Waals surface area contributed by atoms with Gasteiger partial charge in [-0.2, -0.15) is 13.2 Å². The molecule has 7 nitrogen and oxygen atoms in total. The van der Waals surface area contributed by atoms with Crippen LogP contribution in [0.4, 0.5) is 18.9 Å². The van der Waals surface area contributed by atoms with Crippen LogP contribution in [-0.2, 0) is 0 Å². The number of carbonyl (C=O) groups excluding carboxylic acids is 1. The lowest BCUT2D eigenvalue weighted by atomic mass is 9.90. The summed E-state index contributed by atoms with van der Waals surface area (Å²) in [7, 11) is 0. The largest absolute Gasteiger partial charge is 0.417 e. The molecule has 1 aromatic rings. The smallest absolute Gasteiger partial charge is 0.380 e. The van der Waals surface area contributed by atoms with E-state index in [0.29, 0.717) is 0 Å². The van der Waals surface area contributed by atoms with Gasteiger partial charge in [0.1, 0.15) is 6.20 Å². The van der Waals surface area contributed by atoms with Crippen LogP contribution >= 0.6 is 0 Å². The number of carbonyl (C=O) groups is 1. The normalized spacial score (nSPS) is 17.9. The van der Waals surface area contributed by atoms with E-state index in [1.165, 1.54) is 6.92 Å². The minimum absolute atomic E-state index is 0.0309. The van der Waals surface area contributed by atoms with E-state index in [9.17, 15) is 33.2 Å². The highest BCUT2D eigenvalue weighted by Crippen LogP contribution is 2.38. The average Bonchev–Trinajstić information content (AvgIpc) is 2.46. The van der Waals surface area contributed by atoms with Crippen LogP contribution in [0.25, 0.3) is 0 Å². The van der Waals surface area contributed by atoms with E-state index in [-0.39, 0.29) is 30.0 Å². The zero-order valence-electron chi connectivity index (χ0n) is 12.1. The molecule has 0 aliphatic carbocycles. The second kappa shape index (κ2) is 5.76. The lowest BCUT2D eigenvalue weighted by Crippen LogP contribution is -2.54. The first kappa shape index (κ1) is 17.1. The first-order valence-electron chi connectivity index (χ1n) is 6.74. The van der Waals surface area contributed by atoms with Crippen LogP contribution in [0.3, 0.4) is 0 Å². The number of rotatable bonds is 2. The molecule has 1 fully saturated rings. The summed E-state index contributed by atoms with van der Waals surface area (Å²) in [4.78, 5) is 27.3. The van der Waals surface area contributed by atoms with Crippen LogP contribution in [0.2, 0.25) is 0 Å². The van der Waals surface area contributed by atoms with Crippen molar-refractivity contribution in [3.63, 3.8) is 0 Å². The van der Waals surface area contributed by atoms with Crippen molar-refractivity contribution in [1.29, 1.82) is 0 Å². The van der Waals surface area contributed by atoms with Crippen LogP contribution in [0.1, 0.15) is 28.9 Å². The van der Waals surface area contributed by atoms with Gasteiger partial charge in [-0.3, -0.25) is 19.9 Å². The quantitative estimate of drug-likeness (QED) is 0.658. The fourth-order valence-electron chi connectivity index (χ4n) is 2.37. The lowest BCUT2D eigenvalue weighted by molar-refractivity contribution is -0.385. The van der Waals surface area contributed by atoms with Crippen LogP contribution in [0, 0.1) is 17.0 Å². The fourth-order valence-corrected chi connectivity index (χ4v) is 2.37. The molecule has 1 aromatic heterocycles. The number of hydrogen-bond donors (Lipinski definition) is 1. The van der Waals surface area contributed by atoms with Gasteiger partial charge in [-0.25, -0.2) is 0 Å². The van der Waals surface area contributed by atoms with Gasteiger partial charge in [-0.1, -0.05) is 0 Å². The number of nitro groups is 1. The molecule has 2 rings (SSSR count). The van der Waals surface area contributed by atoms with Gasteiger partial charge in [-0.15, -0.1) is 0 Å². The molecule has 0 atom stereocenters. The van der Waals surface area contributed by atoms with Crippen molar-refractivity contribution in [3.8, 4) is 0 Å². The van der Waals surface area contributed by atoms with Crippen molar-refractivity contribution < 1.29 is 28.0 Å². The molecule has 0 spiro atoms. The third-order valence-corrected chi connectivity index (χ3v) is 3.92. The number of piperidine rings is 1. The molecule has 1 saturated heterocycles. The van der Waals surface area contributed by atoms with Crippen LogP contribution in [-0.4, -0.2) is 50.7 Å². The molecule has 1 aliphatic rings. The number of aryl methyl sites for hydroxylation is 1. The van der Waals surface area contributed by atoms with Crippen LogP contribution in [0.15, 0.2) is 12.3 Å².